The van der Waals surface area contributed by atoms with Gasteiger partial charge in [0.05, 0.1) is 21.3 Å². The van der Waals surface area contributed by atoms with Gasteiger partial charge in [-0.3, -0.25) is 0 Å². The first-order chi connectivity index (χ1) is 16.9. The van der Waals surface area contributed by atoms with E-state index in [2.05, 4.69) is 72.9 Å². The van der Waals surface area contributed by atoms with Crippen LogP contribution in [0.3, 0.4) is 0 Å². The third-order valence-electron chi connectivity index (χ3n) is 6.87. The average Bonchev–Trinajstić information content (AvgIpc) is 2.75. The lowest BCUT2D eigenvalue weighted by molar-refractivity contribution is -0.00100. The molecule has 4 aliphatic rings. The van der Waals surface area contributed by atoms with Gasteiger partial charge in [0, 0.05) is 42.8 Å². The lowest BCUT2D eigenvalue weighted by Crippen LogP contribution is -3.00. The molecule has 0 bridgehead atoms. The number of halogens is 2. The van der Waals surface area contributed by atoms with Crippen LogP contribution in [0.15, 0.2) is 94.2 Å². The Morgan fingerprint density at radius 3 is 0.861 bits per heavy atom. The number of allylic oxidation sites excluding steroid dienone is 16. The second-order valence-corrected chi connectivity index (χ2v) is 13.5. The normalized spacial score (nSPS) is 21.3. The van der Waals surface area contributed by atoms with Crippen molar-refractivity contribution in [2.45, 2.75) is 103 Å². The summed E-state index contributed by atoms with van der Waals surface area (Å²) in [6.07, 6.45) is 49.4. The highest BCUT2D eigenvalue weighted by atomic mass is 35.5. The van der Waals surface area contributed by atoms with Gasteiger partial charge in [-0.25, -0.2) is 0 Å². The molecule has 4 aliphatic carbocycles. The van der Waals surface area contributed by atoms with Crippen LogP contribution in [0.1, 0.15) is 103 Å². The fourth-order valence-electron chi connectivity index (χ4n) is 4.81. The van der Waals surface area contributed by atoms with Crippen molar-refractivity contribution in [1.82, 2.24) is 0 Å². The maximum absolute atomic E-state index is 2.39. The SMILES string of the molecule is C1=CCCCCC([PH2+]C2=CC=CCCCC2)=C1.C1=CCCCCC([PH2+]C2=CC=CCCCC2)=C1.[Cl-].[Cl-]. The Hall–Kier alpha value is -0.640. The first-order valence-corrected chi connectivity index (χ1v) is 16.3. The van der Waals surface area contributed by atoms with Crippen molar-refractivity contribution < 1.29 is 24.8 Å². The van der Waals surface area contributed by atoms with Gasteiger partial charge in [0.2, 0.25) is 0 Å². The van der Waals surface area contributed by atoms with Crippen molar-refractivity contribution in [3.8, 4) is 0 Å². The molecule has 4 rings (SSSR count). The smallest absolute Gasteiger partial charge is 0.0714 e. The number of rotatable bonds is 4. The molecule has 0 saturated carbocycles. The fourth-order valence-corrected chi connectivity index (χ4v) is 7.98. The van der Waals surface area contributed by atoms with Crippen LogP contribution in [0.2, 0.25) is 0 Å². The van der Waals surface area contributed by atoms with E-state index >= 15 is 0 Å². The van der Waals surface area contributed by atoms with Gasteiger partial charge in [-0.15, -0.1) is 0 Å². The molecule has 0 heterocycles. The van der Waals surface area contributed by atoms with Crippen molar-refractivity contribution in [1.29, 1.82) is 0 Å². The lowest BCUT2D eigenvalue weighted by Gasteiger charge is -2.07. The van der Waals surface area contributed by atoms with Crippen LogP contribution in [-0.4, -0.2) is 0 Å². The zero-order chi connectivity index (χ0) is 23.5. The largest absolute Gasteiger partial charge is 1.00 e. The quantitative estimate of drug-likeness (QED) is 0.428. The highest BCUT2D eigenvalue weighted by Gasteiger charge is 2.12. The molecular weight excluding hydrogens is 517 g/mol. The molecule has 0 aromatic rings. The molecule has 0 aromatic heterocycles. The Labute approximate surface area is 238 Å². The standard InChI is InChI=1S/2C16H23P.2ClH/c2*1-3-7-11-15(12-8-4-1)17-16-13-9-5-2-6-10-14-16;;/h2*3,5,7,9,11,13,17H,1-2,4,6,8,10,12,14H2;2*1H. The minimum atomic E-state index is 0. The first-order valence-electron chi connectivity index (χ1n) is 14.0. The lowest BCUT2D eigenvalue weighted by atomic mass is 10.1. The van der Waals surface area contributed by atoms with Crippen LogP contribution in [0.5, 0.6) is 0 Å². The summed E-state index contributed by atoms with van der Waals surface area (Å²) in [6.45, 7) is 0. The maximum Gasteiger partial charge on any atom is 0.0714 e. The minimum Gasteiger partial charge on any atom is -1.00 e. The van der Waals surface area contributed by atoms with Crippen molar-refractivity contribution in [3.05, 3.63) is 94.2 Å². The number of hydrogen-bond donors (Lipinski definition) is 0. The monoisotopic (exact) mass is 564 g/mol. The van der Waals surface area contributed by atoms with Crippen LogP contribution in [-0.2, 0) is 0 Å². The van der Waals surface area contributed by atoms with Gasteiger partial charge in [-0.05, 0) is 101 Å². The molecule has 0 nitrogen and oxygen atoms in total. The van der Waals surface area contributed by atoms with E-state index in [0.717, 1.165) is 0 Å². The van der Waals surface area contributed by atoms with Crippen molar-refractivity contribution >= 4 is 17.2 Å². The second kappa shape index (κ2) is 22.4. The molecule has 0 spiro atoms. The van der Waals surface area contributed by atoms with Crippen molar-refractivity contribution in [2.24, 2.45) is 0 Å². The molecule has 200 valence electrons. The summed E-state index contributed by atoms with van der Waals surface area (Å²) < 4.78 is 0. The molecule has 0 aromatic carbocycles. The van der Waals surface area contributed by atoms with Gasteiger partial charge >= 0.3 is 0 Å². The van der Waals surface area contributed by atoms with Gasteiger partial charge in [0.25, 0.3) is 0 Å². The third kappa shape index (κ3) is 15.6. The summed E-state index contributed by atoms with van der Waals surface area (Å²) in [5.74, 6) is 0. The van der Waals surface area contributed by atoms with Crippen molar-refractivity contribution in [2.75, 3.05) is 0 Å². The van der Waals surface area contributed by atoms with Gasteiger partial charge in [-0.1, -0.05) is 48.6 Å². The van der Waals surface area contributed by atoms with E-state index < -0.39 is 0 Å². The molecule has 4 heteroatoms. The highest BCUT2D eigenvalue weighted by molar-refractivity contribution is 7.48. The topological polar surface area (TPSA) is 0 Å². The van der Waals surface area contributed by atoms with Crippen LogP contribution < -0.4 is 24.8 Å². The summed E-state index contributed by atoms with van der Waals surface area (Å²) in [4.78, 5) is 0. The van der Waals surface area contributed by atoms with Gasteiger partial charge < -0.3 is 24.8 Å². The summed E-state index contributed by atoms with van der Waals surface area (Å²) >= 11 is 0. The molecule has 0 fully saturated rings. The summed E-state index contributed by atoms with van der Waals surface area (Å²) in [7, 11) is 0.799. The van der Waals surface area contributed by atoms with E-state index in [1.165, 1.54) is 103 Å². The van der Waals surface area contributed by atoms with Crippen LogP contribution >= 0.6 is 17.2 Å². The van der Waals surface area contributed by atoms with Crippen molar-refractivity contribution in [3.63, 3.8) is 0 Å². The molecule has 0 unspecified atom stereocenters. The molecule has 0 aliphatic heterocycles. The summed E-state index contributed by atoms with van der Waals surface area (Å²) in [5, 5.41) is 6.84. The molecule has 0 saturated heterocycles. The Bertz CT molecular complexity index is 702. The molecule has 0 radical (unpaired) electrons. The maximum atomic E-state index is 2.39. The Balaban J connectivity index is 0.000000341. The Morgan fingerprint density at radius 1 is 0.361 bits per heavy atom. The highest BCUT2D eigenvalue weighted by Crippen LogP contribution is 2.41. The van der Waals surface area contributed by atoms with E-state index in [4.69, 9.17) is 0 Å². The second-order valence-electron chi connectivity index (χ2n) is 9.95. The Morgan fingerprint density at radius 2 is 0.611 bits per heavy atom. The molecule has 0 N–H and O–H groups in total. The van der Waals surface area contributed by atoms with Gasteiger partial charge in [0.15, 0.2) is 0 Å². The van der Waals surface area contributed by atoms with Crippen LogP contribution in [0.25, 0.3) is 0 Å². The molecule has 36 heavy (non-hydrogen) atoms. The fraction of sp³-hybridized carbons (Fsp3) is 0.500. The van der Waals surface area contributed by atoms with E-state index in [9.17, 15) is 0 Å². The van der Waals surface area contributed by atoms with E-state index in [-0.39, 0.29) is 24.8 Å². The van der Waals surface area contributed by atoms with Gasteiger partial charge in [-0.2, -0.15) is 0 Å². The predicted molar refractivity (Wildman–Crippen MR) is 162 cm³/mol. The van der Waals surface area contributed by atoms with E-state index in [0.29, 0.717) is 17.2 Å². The molecule has 0 atom stereocenters. The minimum absolute atomic E-state index is 0. The molecular formula is C32H48Cl2P2. The molecule has 0 amide bonds. The van der Waals surface area contributed by atoms with Crippen LogP contribution in [0.4, 0.5) is 0 Å². The summed E-state index contributed by atoms with van der Waals surface area (Å²) in [6, 6.07) is 0. The third-order valence-corrected chi connectivity index (χ3v) is 10.3. The van der Waals surface area contributed by atoms with Gasteiger partial charge in [0.1, 0.15) is 0 Å². The zero-order valence-electron chi connectivity index (χ0n) is 22.2. The zero-order valence-corrected chi connectivity index (χ0v) is 26.0. The predicted octanol–water partition coefficient (Wildman–Crippen LogP) is 4.86. The van der Waals surface area contributed by atoms with E-state index in [1.54, 1.807) is 21.3 Å². The van der Waals surface area contributed by atoms with Crippen LogP contribution in [0, 0.1) is 0 Å². The summed E-state index contributed by atoms with van der Waals surface area (Å²) in [5.41, 5.74) is 0. The Kier molecular flexibility index (Phi) is 20.7. The number of hydrogen-bond acceptors (Lipinski definition) is 0. The first kappa shape index (κ1) is 33.4. The average molecular weight is 566 g/mol. The van der Waals surface area contributed by atoms with E-state index in [1.807, 2.05) is 0 Å².